The van der Waals surface area contributed by atoms with Crippen LogP contribution < -0.4 is 0 Å². The maximum Gasteiger partial charge on any atom is 0.0611 e. The van der Waals surface area contributed by atoms with E-state index in [0.717, 1.165) is 19.4 Å². The average molecular weight is 201 g/mol. The molecule has 1 aromatic heterocycles. The van der Waals surface area contributed by atoms with E-state index in [-0.39, 0.29) is 6.10 Å². The quantitative estimate of drug-likeness (QED) is 0.695. The monoisotopic (exact) mass is 201 g/mol. The Hall–Kier alpha value is -1.28. The molecule has 78 valence electrons. The number of hydrogen-bond acceptors (Lipinski definition) is 1. The second kappa shape index (κ2) is 3.11. The van der Waals surface area contributed by atoms with Crippen molar-refractivity contribution < 1.29 is 5.11 Å². The molecule has 1 unspecified atom stereocenters. The van der Waals surface area contributed by atoms with Gasteiger partial charge in [0, 0.05) is 24.0 Å². The van der Waals surface area contributed by atoms with Crippen LogP contribution >= 0.6 is 0 Å². The third-order valence-corrected chi connectivity index (χ3v) is 3.34. The van der Waals surface area contributed by atoms with Gasteiger partial charge in [-0.2, -0.15) is 0 Å². The van der Waals surface area contributed by atoms with Crippen molar-refractivity contribution >= 4 is 10.9 Å². The molecule has 1 aliphatic rings. The highest BCUT2D eigenvalue weighted by atomic mass is 16.3. The van der Waals surface area contributed by atoms with E-state index in [2.05, 4.69) is 35.8 Å². The van der Waals surface area contributed by atoms with Gasteiger partial charge in [-0.05, 0) is 25.0 Å². The first kappa shape index (κ1) is 8.98. The Morgan fingerprint density at radius 2 is 2.27 bits per heavy atom. The topological polar surface area (TPSA) is 25.2 Å². The van der Waals surface area contributed by atoms with Crippen molar-refractivity contribution in [1.82, 2.24) is 4.57 Å². The van der Waals surface area contributed by atoms with E-state index in [1.54, 1.807) is 0 Å². The lowest BCUT2D eigenvalue weighted by atomic mass is 10.1. The summed E-state index contributed by atoms with van der Waals surface area (Å²) in [6, 6.07) is 8.62. The van der Waals surface area contributed by atoms with Crippen molar-refractivity contribution in [3.8, 4) is 0 Å². The van der Waals surface area contributed by atoms with E-state index in [1.807, 2.05) is 0 Å². The average Bonchev–Trinajstić information content (AvgIpc) is 2.56. The van der Waals surface area contributed by atoms with Gasteiger partial charge in [0.2, 0.25) is 0 Å². The minimum atomic E-state index is -0.151. The highest BCUT2D eigenvalue weighted by Crippen LogP contribution is 2.27. The van der Waals surface area contributed by atoms with E-state index in [9.17, 15) is 5.11 Å². The summed E-state index contributed by atoms with van der Waals surface area (Å²) in [5.41, 5.74) is 3.95. The lowest BCUT2D eigenvalue weighted by Crippen LogP contribution is -2.22. The molecule has 0 spiro atoms. The number of aliphatic hydroxyl groups is 1. The van der Waals surface area contributed by atoms with E-state index in [1.165, 1.54) is 22.2 Å². The van der Waals surface area contributed by atoms with Crippen molar-refractivity contribution in [3.05, 3.63) is 35.5 Å². The zero-order valence-corrected chi connectivity index (χ0v) is 8.90. The van der Waals surface area contributed by atoms with Gasteiger partial charge in [0.05, 0.1) is 11.6 Å². The van der Waals surface area contributed by atoms with Crippen LogP contribution in [0.15, 0.2) is 24.3 Å². The molecule has 0 bridgehead atoms. The van der Waals surface area contributed by atoms with E-state index < -0.39 is 0 Å². The Kier molecular flexibility index (Phi) is 1.86. The Morgan fingerprint density at radius 1 is 1.40 bits per heavy atom. The third-order valence-electron chi connectivity index (χ3n) is 3.34. The van der Waals surface area contributed by atoms with Gasteiger partial charge in [0.15, 0.2) is 0 Å². The van der Waals surface area contributed by atoms with Gasteiger partial charge in [-0.3, -0.25) is 0 Å². The van der Waals surface area contributed by atoms with Gasteiger partial charge in [-0.1, -0.05) is 18.2 Å². The van der Waals surface area contributed by atoms with Crippen LogP contribution in [0.1, 0.15) is 17.7 Å². The number of fused-ring (bicyclic) bond motifs is 3. The zero-order chi connectivity index (χ0) is 10.4. The lowest BCUT2D eigenvalue weighted by molar-refractivity contribution is 0.144. The van der Waals surface area contributed by atoms with Crippen LogP contribution in [0.5, 0.6) is 0 Å². The number of aromatic nitrogens is 1. The minimum Gasteiger partial charge on any atom is -0.393 e. The number of nitrogens with zero attached hydrogens (tertiary/aromatic N) is 1. The zero-order valence-electron chi connectivity index (χ0n) is 8.90. The van der Waals surface area contributed by atoms with Gasteiger partial charge in [0.1, 0.15) is 0 Å². The highest BCUT2D eigenvalue weighted by Gasteiger charge is 2.19. The number of aryl methyl sites for hydroxylation is 2. The van der Waals surface area contributed by atoms with Crippen LogP contribution in [0.3, 0.4) is 0 Å². The molecule has 1 N–H and O–H groups in total. The van der Waals surface area contributed by atoms with Gasteiger partial charge in [-0.15, -0.1) is 0 Å². The van der Waals surface area contributed by atoms with E-state index in [0.29, 0.717) is 0 Å². The van der Waals surface area contributed by atoms with Crippen LogP contribution in [0.25, 0.3) is 10.9 Å². The van der Waals surface area contributed by atoms with Crippen LogP contribution in [-0.2, 0) is 13.0 Å². The molecule has 1 aromatic carbocycles. The lowest BCUT2D eigenvalue weighted by Gasteiger charge is -2.21. The first-order valence-electron chi connectivity index (χ1n) is 5.51. The molecule has 2 aromatic rings. The molecule has 3 rings (SSSR count). The Labute approximate surface area is 89.1 Å². The number of rotatable bonds is 0. The molecule has 2 nitrogen and oxygen atoms in total. The molecule has 0 radical (unpaired) electrons. The van der Waals surface area contributed by atoms with Gasteiger partial charge < -0.3 is 9.67 Å². The predicted molar refractivity (Wildman–Crippen MR) is 61.0 cm³/mol. The third kappa shape index (κ3) is 1.29. The molecular weight excluding hydrogens is 186 g/mol. The molecular formula is C13H15NO. The van der Waals surface area contributed by atoms with Gasteiger partial charge in [-0.25, -0.2) is 0 Å². The van der Waals surface area contributed by atoms with Crippen LogP contribution in [-0.4, -0.2) is 15.8 Å². The summed E-state index contributed by atoms with van der Waals surface area (Å²) >= 11 is 0. The summed E-state index contributed by atoms with van der Waals surface area (Å²) in [7, 11) is 0. The van der Waals surface area contributed by atoms with E-state index >= 15 is 0 Å². The minimum absolute atomic E-state index is 0.151. The SMILES string of the molecule is Cc1cccc2cc3n(c12)CCC(O)C3. The van der Waals surface area contributed by atoms with Gasteiger partial charge >= 0.3 is 0 Å². The largest absolute Gasteiger partial charge is 0.393 e. The molecule has 15 heavy (non-hydrogen) atoms. The number of para-hydroxylation sites is 1. The Morgan fingerprint density at radius 3 is 3.13 bits per heavy atom. The summed E-state index contributed by atoms with van der Waals surface area (Å²) in [5, 5.41) is 10.9. The van der Waals surface area contributed by atoms with Crippen molar-refractivity contribution in [2.75, 3.05) is 0 Å². The molecule has 1 aliphatic heterocycles. The highest BCUT2D eigenvalue weighted by molar-refractivity contribution is 5.84. The van der Waals surface area contributed by atoms with Crippen LogP contribution in [0.2, 0.25) is 0 Å². The summed E-state index contributed by atoms with van der Waals surface area (Å²) < 4.78 is 2.36. The first-order valence-corrected chi connectivity index (χ1v) is 5.51. The summed E-state index contributed by atoms with van der Waals surface area (Å²) in [5.74, 6) is 0. The normalized spacial score (nSPS) is 20.5. The van der Waals surface area contributed by atoms with Crippen molar-refractivity contribution in [2.24, 2.45) is 0 Å². The van der Waals surface area contributed by atoms with Crippen molar-refractivity contribution in [1.29, 1.82) is 0 Å². The predicted octanol–water partition coefficient (Wildman–Crippen LogP) is 2.26. The fraction of sp³-hybridized carbons (Fsp3) is 0.385. The molecule has 0 fully saturated rings. The molecule has 0 saturated carbocycles. The summed E-state index contributed by atoms with van der Waals surface area (Å²) in [6.07, 6.45) is 1.53. The van der Waals surface area contributed by atoms with E-state index in [4.69, 9.17) is 0 Å². The van der Waals surface area contributed by atoms with Crippen molar-refractivity contribution in [2.45, 2.75) is 32.4 Å². The standard InChI is InChI=1S/C13H15NO/c1-9-3-2-4-10-7-11-8-12(15)5-6-14(11)13(9)10/h2-4,7,12,15H,5-6,8H2,1H3. The molecule has 1 atom stereocenters. The van der Waals surface area contributed by atoms with Gasteiger partial charge in [0.25, 0.3) is 0 Å². The number of aliphatic hydroxyl groups excluding tert-OH is 1. The number of hydrogen-bond donors (Lipinski definition) is 1. The Balaban J connectivity index is 2.29. The Bertz CT molecular complexity index is 512. The second-order valence-corrected chi connectivity index (χ2v) is 4.45. The summed E-state index contributed by atoms with van der Waals surface area (Å²) in [4.78, 5) is 0. The molecule has 2 heterocycles. The maximum absolute atomic E-state index is 9.64. The summed E-state index contributed by atoms with van der Waals surface area (Å²) in [6.45, 7) is 3.10. The fourth-order valence-electron chi connectivity index (χ4n) is 2.61. The molecule has 0 aliphatic carbocycles. The second-order valence-electron chi connectivity index (χ2n) is 4.45. The van der Waals surface area contributed by atoms with Crippen molar-refractivity contribution in [3.63, 3.8) is 0 Å². The number of benzene rings is 1. The fourth-order valence-corrected chi connectivity index (χ4v) is 2.61. The first-order chi connectivity index (χ1) is 7.25. The molecule has 0 amide bonds. The smallest absolute Gasteiger partial charge is 0.0611 e. The van der Waals surface area contributed by atoms with Crippen LogP contribution in [0, 0.1) is 6.92 Å². The van der Waals surface area contributed by atoms with Crippen LogP contribution in [0.4, 0.5) is 0 Å². The maximum atomic E-state index is 9.64. The molecule has 0 saturated heterocycles. The molecule has 2 heteroatoms.